The first-order valence-electron chi connectivity index (χ1n) is 4.78. The van der Waals surface area contributed by atoms with Crippen LogP contribution < -0.4 is 10.5 Å². The Kier molecular flexibility index (Phi) is 3.74. The lowest BCUT2D eigenvalue weighted by Crippen LogP contribution is -1.93. The van der Waals surface area contributed by atoms with Crippen LogP contribution in [0.1, 0.15) is 0 Å². The number of benzene rings is 2. The van der Waals surface area contributed by atoms with E-state index in [1.165, 1.54) is 0 Å². The number of rotatable bonds is 3. The molecule has 0 atom stereocenters. The van der Waals surface area contributed by atoms with Crippen molar-refractivity contribution in [3.05, 3.63) is 53.0 Å². The number of hydrogen-bond acceptors (Lipinski definition) is 3. The van der Waals surface area contributed by atoms with Gasteiger partial charge in [0.1, 0.15) is 0 Å². The van der Waals surface area contributed by atoms with Crippen molar-refractivity contribution < 1.29 is 0 Å². The van der Waals surface area contributed by atoms with Crippen molar-refractivity contribution in [1.29, 1.82) is 0 Å². The highest BCUT2D eigenvalue weighted by Gasteiger charge is 1.98. The summed E-state index contributed by atoms with van der Waals surface area (Å²) in [5.74, 6) is 0. The van der Waals surface area contributed by atoms with Crippen molar-refractivity contribution in [2.24, 2.45) is 0 Å². The number of hydrogen-bond donors (Lipinski definition) is 2. The van der Waals surface area contributed by atoms with Crippen molar-refractivity contribution in [3.8, 4) is 0 Å². The molecule has 0 radical (unpaired) electrons. The van der Waals surface area contributed by atoms with E-state index in [2.05, 4.69) is 20.7 Å². The molecule has 2 rings (SSSR count). The fourth-order valence-electron chi connectivity index (χ4n) is 1.21. The normalized spacial score (nSPS) is 10.1. The van der Waals surface area contributed by atoms with Gasteiger partial charge in [-0.25, -0.2) is 0 Å². The molecule has 4 heteroatoms. The molecule has 0 fully saturated rings. The third-order valence-electron chi connectivity index (χ3n) is 2.05. The summed E-state index contributed by atoms with van der Waals surface area (Å²) < 4.78 is 4.30. The molecule has 82 valence electrons. The average molecular weight is 295 g/mol. The molecule has 0 aliphatic carbocycles. The van der Waals surface area contributed by atoms with Crippen LogP contribution in [0.4, 0.5) is 11.4 Å². The highest BCUT2D eigenvalue weighted by atomic mass is 79.9. The molecule has 2 nitrogen and oxygen atoms in total. The molecule has 0 amide bonds. The summed E-state index contributed by atoms with van der Waals surface area (Å²) in [4.78, 5) is 1.14. The molecule has 0 saturated heterocycles. The molecule has 0 heterocycles. The van der Waals surface area contributed by atoms with Gasteiger partial charge in [0.25, 0.3) is 0 Å². The zero-order valence-corrected chi connectivity index (χ0v) is 10.9. The maximum Gasteiger partial charge on any atom is 0.0675 e. The quantitative estimate of drug-likeness (QED) is 0.660. The lowest BCUT2D eigenvalue weighted by atomic mass is 10.3. The van der Waals surface area contributed by atoms with E-state index in [9.17, 15) is 0 Å². The average Bonchev–Trinajstić information content (AvgIpc) is 2.30. The van der Waals surface area contributed by atoms with E-state index in [0.29, 0.717) is 0 Å². The van der Waals surface area contributed by atoms with Crippen LogP contribution in [-0.2, 0) is 0 Å². The number of anilines is 2. The predicted molar refractivity (Wildman–Crippen MR) is 74.5 cm³/mol. The summed E-state index contributed by atoms with van der Waals surface area (Å²) in [5.41, 5.74) is 7.52. The second-order valence-corrected chi connectivity index (χ2v) is 5.04. The van der Waals surface area contributed by atoms with Gasteiger partial charge >= 0.3 is 0 Å². The summed E-state index contributed by atoms with van der Waals surface area (Å²) in [6, 6.07) is 15.8. The summed E-state index contributed by atoms with van der Waals surface area (Å²) in [6.07, 6.45) is 0. The molecule has 3 N–H and O–H groups in total. The Morgan fingerprint density at radius 2 is 1.69 bits per heavy atom. The van der Waals surface area contributed by atoms with Gasteiger partial charge in [0, 0.05) is 9.37 Å². The fourth-order valence-corrected chi connectivity index (χ4v) is 2.16. The van der Waals surface area contributed by atoms with E-state index in [1.54, 1.807) is 11.9 Å². The molecule has 0 aromatic heterocycles. The zero-order valence-electron chi connectivity index (χ0n) is 8.48. The van der Waals surface area contributed by atoms with Crippen LogP contribution >= 0.6 is 27.9 Å². The fraction of sp³-hybridized carbons (Fsp3) is 0. The lowest BCUT2D eigenvalue weighted by Gasteiger charge is -2.07. The Bertz CT molecular complexity index is 471. The van der Waals surface area contributed by atoms with E-state index in [-0.39, 0.29) is 0 Å². The SMILES string of the molecule is Nc1ccccc1NSc1ccc(Br)cc1. The van der Waals surface area contributed by atoms with Crippen LogP contribution in [0.25, 0.3) is 0 Å². The standard InChI is InChI=1S/C12H11BrN2S/c13-9-5-7-10(8-6-9)16-15-12-4-2-1-3-11(12)14/h1-8,15H,14H2. The second kappa shape index (κ2) is 5.27. The first-order valence-corrected chi connectivity index (χ1v) is 6.39. The Labute approximate surface area is 108 Å². The smallest absolute Gasteiger partial charge is 0.0675 e. The molecular weight excluding hydrogens is 284 g/mol. The van der Waals surface area contributed by atoms with Gasteiger partial charge < -0.3 is 10.5 Å². The van der Waals surface area contributed by atoms with Crippen LogP contribution in [0.15, 0.2) is 57.9 Å². The van der Waals surface area contributed by atoms with Crippen LogP contribution in [0.3, 0.4) is 0 Å². The highest BCUT2D eigenvalue weighted by molar-refractivity contribution is 9.10. The van der Waals surface area contributed by atoms with Crippen LogP contribution in [0.2, 0.25) is 0 Å². The Morgan fingerprint density at radius 3 is 2.38 bits per heavy atom. The maximum atomic E-state index is 5.83. The van der Waals surface area contributed by atoms with Crippen molar-refractivity contribution in [3.63, 3.8) is 0 Å². The molecular formula is C12H11BrN2S. The van der Waals surface area contributed by atoms with Crippen LogP contribution in [0, 0.1) is 0 Å². The van der Waals surface area contributed by atoms with Gasteiger partial charge in [0.2, 0.25) is 0 Å². The summed E-state index contributed by atoms with van der Waals surface area (Å²) in [6.45, 7) is 0. The van der Waals surface area contributed by atoms with Crippen molar-refractivity contribution in [1.82, 2.24) is 0 Å². The van der Waals surface area contributed by atoms with E-state index >= 15 is 0 Å². The van der Waals surface area contributed by atoms with E-state index in [0.717, 1.165) is 20.7 Å². The molecule has 2 aromatic carbocycles. The van der Waals surface area contributed by atoms with Crippen LogP contribution in [-0.4, -0.2) is 0 Å². The maximum absolute atomic E-state index is 5.83. The van der Waals surface area contributed by atoms with Gasteiger partial charge in [0.15, 0.2) is 0 Å². The molecule has 16 heavy (non-hydrogen) atoms. The Balaban J connectivity index is 2.02. The first kappa shape index (κ1) is 11.4. The lowest BCUT2D eigenvalue weighted by molar-refractivity contribution is 1.44. The minimum atomic E-state index is 0.757. The summed E-state index contributed by atoms with van der Waals surface area (Å²) in [7, 11) is 0. The van der Waals surface area contributed by atoms with Gasteiger partial charge in [-0.05, 0) is 48.3 Å². The third-order valence-corrected chi connectivity index (χ3v) is 3.41. The minimum Gasteiger partial charge on any atom is -0.397 e. The molecule has 0 spiro atoms. The summed E-state index contributed by atoms with van der Waals surface area (Å²) >= 11 is 4.95. The molecule has 0 bridgehead atoms. The molecule has 0 saturated carbocycles. The largest absolute Gasteiger partial charge is 0.397 e. The Hall–Kier alpha value is -1.13. The number of nitrogens with two attached hydrogens (primary N) is 1. The molecule has 0 aliphatic rings. The van der Waals surface area contributed by atoms with E-state index in [1.807, 2.05) is 48.5 Å². The van der Waals surface area contributed by atoms with Gasteiger partial charge in [-0.2, -0.15) is 0 Å². The van der Waals surface area contributed by atoms with Gasteiger partial charge in [0.05, 0.1) is 11.4 Å². The van der Waals surface area contributed by atoms with Crippen molar-refractivity contribution in [2.45, 2.75) is 4.90 Å². The number of halogens is 1. The second-order valence-electron chi connectivity index (χ2n) is 3.25. The number of para-hydroxylation sites is 2. The van der Waals surface area contributed by atoms with Crippen LogP contribution in [0.5, 0.6) is 0 Å². The first-order chi connectivity index (χ1) is 7.75. The molecule has 0 unspecified atom stereocenters. The van der Waals surface area contributed by atoms with Gasteiger partial charge in [-0.15, -0.1) is 0 Å². The van der Waals surface area contributed by atoms with E-state index < -0.39 is 0 Å². The monoisotopic (exact) mass is 294 g/mol. The number of nitrogens with one attached hydrogen (secondary N) is 1. The van der Waals surface area contributed by atoms with E-state index in [4.69, 9.17) is 5.73 Å². The topological polar surface area (TPSA) is 38.0 Å². The third kappa shape index (κ3) is 2.93. The molecule has 2 aromatic rings. The minimum absolute atomic E-state index is 0.757. The number of nitrogen functional groups attached to an aromatic ring is 1. The zero-order chi connectivity index (χ0) is 11.4. The Morgan fingerprint density at radius 1 is 1.00 bits per heavy atom. The van der Waals surface area contributed by atoms with Crippen molar-refractivity contribution in [2.75, 3.05) is 10.5 Å². The highest BCUT2D eigenvalue weighted by Crippen LogP contribution is 2.25. The van der Waals surface area contributed by atoms with Gasteiger partial charge in [-0.3, -0.25) is 0 Å². The predicted octanol–water partition coefficient (Wildman–Crippen LogP) is 4.15. The van der Waals surface area contributed by atoms with Gasteiger partial charge in [-0.1, -0.05) is 28.1 Å². The summed E-state index contributed by atoms with van der Waals surface area (Å²) in [5, 5.41) is 0. The molecule has 0 aliphatic heterocycles. The van der Waals surface area contributed by atoms with Crippen molar-refractivity contribution >= 4 is 39.3 Å².